The number of hydrogen-bond acceptors (Lipinski definition) is 9. The Labute approximate surface area is 230 Å². The first-order valence-corrected chi connectivity index (χ1v) is 14.8. The molecular weight excluding hydrogens is 504 g/mol. The van der Waals surface area contributed by atoms with Crippen LogP contribution in [0.5, 0.6) is 0 Å². The zero-order chi connectivity index (χ0) is 27.8. The van der Waals surface area contributed by atoms with Crippen LogP contribution in [0.15, 0.2) is 11.6 Å². The molecular formula is C30H44O9. The van der Waals surface area contributed by atoms with Gasteiger partial charge in [0, 0.05) is 31.4 Å². The molecule has 2 heterocycles. The molecule has 3 N–H and O–H groups in total. The van der Waals surface area contributed by atoms with Gasteiger partial charge in [0.1, 0.15) is 19.0 Å². The van der Waals surface area contributed by atoms with Crippen molar-refractivity contribution in [2.75, 3.05) is 13.7 Å². The summed E-state index contributed by atoms with van der Waals surface area (Å²) in [5.41, 5.74) is -2.52. The summed E-state index contributed by atoms with van der Waals surface area (Å²) in [5.74, 6) is -0.420. The zero-order valence-corrected chi connectivity index (χ0v) is 23.3. The van der Waals surface area contributed by atoms with E-state index >= 15 is 0 Å². The third-order valence-corrected chi connectivity index (χ3v) is 12.1. The molecule has 6 aliphatic rings. The van der Waals surface area contributed by atoms with Gasteiger partial charge in [0.2, 0.25) is 0 Å². The second-order valence-corrected chi connectivity index (χ2v) is 13.5. The first kappa shape index (κ1) is 27.8. The number of carbonyl (C=O) groups excluding carboxylic acids is 2. The molecule has 4 saturated carbocycles. The van der Waals surface area contributed by atoms with Crippen LogP contribution in [0.2, 0.25) is 0 Å². The van der Waals surface area contributed by atoms with Crippen LogP contribution < -0.4 is 0 Å². The SMILES string of the molecule is CO[C@H]1C[C@H](O[C@H]2CC[C@]3(C=O)[C@@H]4CC[C@]5(C)[C@@H](C6=CC(=O)OC6)CC[C@@]5(O)[C@@H]4CC[C@]3(O)C2)O[C@H](C)[C@H]1O. The van der Waals surface area contributed by atoms with Crippen LogP contribution >= 0.6 is 0 Å². The third kappa shape index (κ3) is 3.94. The Morgan fingerprint density at radius 3 is 2.54 bits per heavy atom. The van der Waals surface area contributed by atoms with Crippen LogP contribution in [0.3, 0.4) is 0 Å². The first-order valence-electron chi connectivity index (χ1n) is 14.8. The van der Waals surface area contributed by atoms with Crippen LogP contribution in [0.25, 0.3) is 0 Å². The van der Waals surface area contributed by atoms with E-state index in [4.69, 9.17) is 18.9 Å². The Hall–Kier alpha value is -1.36. The van der Waals surface area contributed by atoms with Crippen molar-refractivity contribution >= 4 is 12.3 Å². The van der Waals surface area contributed by atoms with Crippen molar-refractivity contribution in [3.63, 3.8) is 0 Å². The van der Waals surface area contributed by atoms with Gasteiger partial charge in [0.25, 0.3) is 0 Å². The molecule has 0 amide bonds. The van der Waals surface area contributed by atoms with Crippen molar-refractivity contribution in [3.8, 4) is 0 Å². The highest BCUT2D eigenvalue weighted by Gasteiger charge is 2.71. The first-order chi connectivity index (χ1) is 18.5. The average molecular weight is 549 g/mol. The topological polar surface area (TPSA) is 132 Å². The molecule has 0 radical (unpaired) electrons. The van der Waals surface area contributed by atoms with E-state index in [9.17, 15) is 24.9 Å². The lowest BCUT2D eigenvalue weighted by molar-refractivity contribution is -0.287. The molecule has 39 heavy (non-hydrogen) atoms. The summed E-state index contributed by atoms with van der Waals surface area (Å²) < 4.78 is 22.9. The van der Waals surface area contributed by atoms with E-state index in [2.05, 4.69) is 6.92 Å². The third-order valence-electron chi connectivity index (χ3n) is 12.1. The number of aliphatic hydroxyl groups is 3. The molecule has 0 spiro atoms. The molecule has 0 aromatic rings. The summed E-state index contributed by atoms with van der Waals surface area (Å²) in [6, 6.07) is 0. The standard InChI is InChI=1S/C30H44O9/c1-17-26(33)23(36-3)13-25(38-17)39-19-4-9-28(16-31)21-5-8-27(2)20(18-12-24(32)37-15-18)7-11-30(27,35)22(21)6-10-29(28,34)14-19/h12,16-17,19-23,25-26,33-35H,4-11,13-15H2,1-3H3/t17-,19+,20-,21-,22-,23+,25+,26-,27-,28+,29+,30-/m1/s1. The number of aliphatic hydroxyl groups excluding tert-OH is 1. The second-order valence-electron chi connectivity index (χ2n) is 13.5. The molecule has 12 atom stereocenters. The maximum absolute atomic E-state index is 13.0. The van der Waals surface area contributed by atoms with Crippen molar-refractivity contribution in [2.45, 2.75) is 120 Å². The van der Waals surface area contributed by atoms with Crippen molar-refractivity contribution in [1.82, 2.24) is 0 Å². The Morgan fingerprint density at radius 1 is 1.08 bits per heavy atom. The molecule has 1 saturated heterocycles. The molecule has 5 fully saturated rings. The molecule has 9 heteroatoms. The van der Waals surface area contributed by atoms with Gasteiger partial charge >= 0.3 is 5.97 Å². The van der Waals surface area contributed by atoms with Gasteiger partial charge in [-0.2, -0.15) is 0 Å². The fourth-order valence-electron chi connectivity index (χ4n) is 9.98. The Morgan fingerprint density at radius 2 is 1.85 bits per heavy atom. The minimum atomic E-state index is -1.21. The summed E-state index contributed by atoms with van der Waals surface area (Å²) in [6.07, 6.45) is 6.10. The Balaban J connectivity index is 1.21. The largest absolute Gasteiger partial charge is 0.458 e. The van der Waals surface area contributed by atoms with E-state index in [1.54, 1.807) is 20.1 Å². The maximum atomic E-state index is 13.0. The molecule has 0 aromatic heterocycles. The molecule has 0 aromatic carbocycles. The summed E-state index contributed by atoms with van der Waals surface area (Å²) in [7, 11) is 1.57. The van der Waals surface area contributed by atoms with Crippen molar-refractivity contribution < 1.29 is 43.9 Å². The molecule has 6 rings (SSSR count). The van der Waals surface area contributed by atoms with Crippen LogP contribution in [-0.2, 0) is 28.5 Å². The van der Waals surface area contributed by atoms with Gasteiger partial charge in [-0.05, 0) is 81.6 Å². The summed E-state index contributed by atoms with van der Waals surface area (Å²) in [6.45, 7) is 4.25. The van der Waals surface area contributed by atoms with Gasteiger partial charge < -0.3 is 39.1 Å². The van der Waals surface area contributed by atoms with Gasteiger partial charge in [-0.25, -0.2) is 4.79 Å². The quantitative estimate of drug-likeness (QED) is 0.269. The smallest absolute Gasteiger partial charge is 0.331 e. The lowest BCUT2D eigenvalue weighted by Gasteiger charge is -2.65. The molecule has 9 nitrogen and oxygen atoms in total. The normalized spacial score (nSPS) is 53.3. The minimum Gasteiger partial charge on any atom is -0.458 e. The Bertz CT molecular complexity index is 1030. The fourth-order valence-corrected chi connectivity index (χ4v) is 9.98. The number of fused-ring (bicyclic) bond motifs is 5. The lowest BCUT2D eigenvalue weighted by Crippen LogP contribution is -2.69. The zero-order valence-electron chi connectivity index (χ0n) is 23.3. The predicted octanol–water partition coefficient (Wildman–Crippen LogP) is 2.43. The van der Waals surface area contributed by atoms with Gasteiger partial charge in [-0.15, -0.1) is 0 Å². The van der Waals surface area contributed by atoms with Crippen LogP contribution in [0.4, 0.5) is 0 Å². The van der Waals surface area contributed by atoms with Crippen molar-refractivity contribution in [1.29, 1.82) is 0 Å². The number of esters is 1. The number of ether oxygens (including phenoxy) is 4. The number of hydrogen-bond donors (Lipinski definition) is 3. The number of rotatable bonds is 5. The monoisotopic (exact) mass is 548 g/mol. The number of cyclic esters (lactones) is 1. The molecule has 218 valence electrons. The van der Waals surface area contributed by atoms with Gasteiger partial charge in [-0.3, -0.25) is 0 Å². The van der Waals surface area contributed by atoms with E-state index < -0.39 is 40.5 Å². The molecule has 4 aliphatic carbocycles. The highest BCUT2D eigenvalue weighted by Crippen LogP contribution is 2.70. The molecule has 0 unspecified atom stereocenters. The van der Waals surface area contributed by atoms with Crippen LogP contribution in [0, 0.1) is 28.6 Å². The van der Waals surface area contributed by atoms with Crippen molar-refractivity contribution in [3.05, 3.63) is 11.6 Å². The van der Waals surface area contributed by atoms with E-state index in [0.717, 1.165) is 31.1 Å². The number of carbonyl (C=O) groups is 2. The summed E-state index contributed by atoms with van der Waals surface area (Å²) >= 11 is 0. The highest BCUT2D eigenvalue weighted by atomic mass is 16.7. The van der Waals surface area contributed by atoms with E-state index in [0.29, 0.717) is 51.6 Å². The number of methoxy groups -OCH3 is 1. The number of aldehydes is 1. The lowest BCUT2D eigenvalue weighted by atomic mass is 9.41. The average Bonchev–Trinajstić information content (AvgIpc) is 3.45. The van der Waals surface area contributed by atoms with E-state index in [1.807, 2.05) is 0 Å². The second kappa shape index (κ2) is 9.60. The maximum Gasteiger partial charge on any atom is 0.331 e. The Kier molecular flexibility index (Phi) is 6.84. The molecule has 2 aliphatic heterocycles. The van der Waals surface area contributed by atoms with Gasteiger partial charge in [0.05, 0.1) is 34.9 Å². The summed E-state index contributed by atoms with van der Waals surface area (Å²) in [5, 5.41) is 34.8. The molecule has 0 bridgehead atoms. The van der Waals surface area contributed by atoms with Crippen molar-refractivity contribution in [2.24, 2.45) is 28.6 Å². The van der Waals surface area contributed by atoms with Crippen LogP contribution in [-0.4, -0.2) is 83.2 Å². The highest BCUT2D eigenvalue weighted by molar-refractivity contribution is 5.85. The van der Waals surface area contributed by atoms with Crippen LogP contribution in [0.1, 0.15) is 78.1 Å². The minimum absolute atomic E-state index is 0.0827. The van der Waals surface area contributed by atoms with E-state index in [-0.39, 0.29) is 35.9 Å². The fraction of sp³-hybridized carbons (Fsp3) is 0.867. The summed E-state index contributed by atoms with van der Waals surface area (Å²) in [4.78, 5) is 24.8. The predicted molar refractivity (Wildman–Crippen MR) is 138 cm³/mol. The van der Waals surface area contributed by atoms with E-state index in [1.165, 1.54) is 0 Å². The van der Waals surface area contributed by atoms with Gasteiger partial charge in [-0.1, -0.05) is 6.92 Å². The van der Waals surface area contributed by atoms with Gasteiger partial charge in [0.15, 0.2) is 6.29 Å².